The highest BCUT2D eigenvalue weighted by Crippen LogP contribution is 2.33. The molecule has 152 valence electrons. The Morgan fingerprint density at radius 1 is 1.07 bits per heavy atom. The zero-order valence-electron chi connectivity index (χ0n) is 15.1. The smallest absolute Gasteiger partial charge is 0.434 e. The van der Waals surface area contributed by atoms with Crippen LogP contribution >= 0.6 is 11.6 Å². The predicted molar refractivity (Wildman–Crippen MR) is 96.7 cm³/mol. The van der Waals surface area contributed by atoms with Crippen molar-refractivity contribution in [1.29, 1.82) is 0 Å². The lowest BCUT2D eigenvalue weighted by Gasteiger charge is -2.13. The van der Waals surface area contributed by atoms with Crippen LogP contribution in [-0.4, -0.2) is 21.6 Å². The minimum absolute atomic E-state index is 0.0642. The van der Waals surface area contributed by atoms with E-state index in [0.717, 1.165) is 6.20 Å². The average molecular weight is 427 g/mol. The summed E-state index contributed by atoms with van der Waals surface area (Å²) in [7, 11) is 0. The summed E-state index contributed by atoms with van der Waals surface area (Å²) in [6.07, 6.45) is -4.11. The summed E-state index contributed by atoms with van der Waals surface area (Å²) in [5.74, 6) is -1.13. The van der Waals surface area contributed by atoms with E-state index >= 15 is 0 Å². The van der Waals surface area contributed by atoms with Gasteiger partial charge in [-0.25, -0.2) is 4.68 Å². The zero-order chi connectivity index (χ0) is 21.3. The van der Waals surface area contributed by atoms with Gasteiger partial charge in [-0.05, 0) is 44.2 Å². The number of carbonyl (C=O) groups excluding carboxylic acids is 2. The van der Waals surface area contributed by atoms with Gasteiger partial charge >= 0.3 is 6.18 Å². The molecule has 0 unspecified atom stereocenters. The Morgan fingerprint density at radius 3 is 2.17 bits per heavy atom. The van der Waals surface area contributed by atoms with Crippen LogP contribution in [0.4, 0.5) is 13.2 Å². The summed E-state index contributed by atoms with van der Waals surface area (Å²) in [4.78, 5) is 24.4. The van der Waals surface area contributed by atoms with Crippen molar-refractivity contribution in [2.45, 2.75) is 20.0 Å². The zero-order valence-corrected chi connectivity index (χ0v) is 15.9. The molecule has 1 aromatic carbocycles. The lowest BCUT2D eigenvalue weighted by atomic mass is 10.2. The molecule has 29 heavy (non-hydrogen) atoms. The van der Waals surface area contributed by atoms with Crippen LogP contribution in [0.2, 0.25) is 5.02 Å². The highest BCUT2D eigenvalue weighted by Gasteiger charge is 2.40. The average Bonchev–Trinajstić information content (AvgIpc) is 3.23. The normalized spacial score (nSPS) is 11.4. The molecule has 0 fully saturated rings. The Morgan fingerprint density at radius 2 is 1.66 bits per heavy atom. The van der Waals surface area contributed by atoms with Crippen LogP contribution in [0.1, 0.15) is 37.9 Å². The number of alkyl halides is 3. The number of aryl methyl sites for hydroxylation is 2. The highest BCUT2D eigenvalue weighted by molar-refractivity contribution is 6.30. The van der Waals surface area contributed by atoms with Gasteiger partial charge in [0.25, 0.3) is 11.8 Å². The number of hydrazine groups is 1. The first-order valence-electron chi connectivity index (χ1n) is 8.17. The molecular weight excluding hydrogens is 413 g/mol. The minimum Gasteiger partial charge on any atom is -0.466 e. The molecule has 7 nitrogen and oxygen atoms in total. The van der Waals surface area contributed by atoms with E-state index in [0.29, 0.717) is 21.2 Å². The quantitative estimate of drug-likeness (QED) is 0.623. The van der Waals surface area contributed by atoms with Gasteiger partial charge in [-0.1, -0.05) is 11.6 Å². The monoisotopic (exact) mass is 426 g/mol. The fraction of sp³-hybridized carbons (Fsp3) is 0.167. The van der Waals surface area contributed by atoms with Gasteiger partial charge < -0.3 is 4.42 Å². The van der Waals surface area contributed by atoms with Crippen molar-refractivity contribution in [3.05, 3.63) is 69.9 Å². The molecule has 2 heterocycles. The van der Waals surface area contributed by atoms with Crippen LogP contribution < -0.4 is 10.9 Å². The lowest BCUT2D eigenvalue weighted by molar-refractivity contribution is -0.143. The van der Waals surface area contributed by atoms with Crippen molar-refractivity contribution >= 4 is 23.4 Å². The number of halogens is 4. The first-order chi connectivity index (χ1) is 13.6. The van der Waals surface area contributed by atoms with E-state index in [4.69, 9.17) is 16.0 Å². The number of nitrogens with zero attached hydrogens (tertiary/aromatic N) is 2. The third-order valence-corrected chi connectivity index (χ3v) is 4.18. The van der Waals surface area contributed by atoms with Crippen LogP contribution in [0.15, 0.2) is 40.9 Å². The number of benzene rings is 1. The van der Waals surface area contributed by atoms with E-state index in [1.54, 1.807) is 13.8 Å². The molecule has 11 heteroatoms. The minimum atomic E-state index is -4.88. The maximum Gasteiger partial charge on any atom is 0.434 e. The van der Waals surface area contributed by atoms with E-state index in [1.165, 1.54) is 30.3 Å². The fourth-order valence-electron chi connectivity index (χ4n) is 2.67. The second-order valence-corrected chi connectivity index (χ2v) is 6.46. The van der Waals surface area contributed by atoms with Gasteiger partial charge in [0, 0.05) is 5.02 Å². The number of furan rings is 1. The SMILES string of the molecule is Cc1cc(C(=O)NNC(=O)c2cnn(-c3ccc(Cl)cc3)c2C(F)(F)F)c(C)o1. The number of hydrogen-bond acceptors (Lipinski definition) is 4. The molecule has 0 spiro atoms. The van der Waals surface area contributed by atoms with Crippen LogP contribution in [0.25, 0.3) is 5.69 Å². The van der Waals surface area contributed by atoms with E-state index in [9.17, 15) is 22.8 Å². The number of amides is 2. The van der Waals surface area contributed by atoms with E-state index in [1.807, 2.05) is 5.43 Å². The third-order valence-electron chi connectivity index (χ3n) is 3.93. The standard InChI is InChI=1S/C18H14ClF3N4O3/c1-9-7-13(10(2)29-9)16(27)24-25-17(28)14-8-23-26(15(14)18(20,21)22)12-5-3-11(19)4-6-12/h3-8H,1-2H3,(H,24,27)(H,25,28). The van der Waals surface area contributed by atoms with Crippen LogP contribution in [-0.2, 0) is 6.18 Å². The van der Waals surface area contributed by atoms with Crippen molar-refractivity contribution in [3.8, 4) is 5.69 Å². The highest BCUT2D eigenvalue weighted by atomic mass is 35.5. The summed E-state index contributed by atoms with van der Waals surface area (Å²) < 4.78 is 46.6. The summed E-state index contributed by atoms with van der Waals surface area (Å²) in [6.45, 7) is 3.17. The van der Waals surface area contributed by atoms with Gasteiger partial charge in [-0.2, -0.15) is 18.3 Å². The summed E-state index contributed by atoms with van der Waals surface area (Å²) in [5, 5.41) is 4.00. The van der Waals surface area contributed by atoms with Crippen LogP contribution in [0.3, 0.4) is 0 Å². The topological polar surface area (TPSA) is 89.2 Å². The lowest BCUT2D eigenvalue weighted by Crippen LogP contribution is -2.42. The van der Waals surface area contributed by atoms with Crippen LogP contribution in [0, 0.1) is 13.8 Å². The van der Waals surface area contributed by atoms with E-state index < -0.39 is 29.2 Å². The predicted octanol–water partition coefficient (Wildman–Crippen LogP) is 3.83. The van der Waals surface area contributed by atoms with E-state index in [-0.39, 0.29) is 11.3 Å². The molecule has 2 N–H and O–H groups in total. The fourth-order valence-corrected chi connectivity index (χ4v) is 2.80. The molecule has 2 aromatic heterocycles. The molecule has 0 atom stereocenters. The number of aromatic nitrogens is 2. The molecule has 0 bridgehead atoms. The molecule has 3 rings (SSSR count). The molecular formula is C18H14ClF3N4O3. The maximum absolute atomic E-state index is 13.6. The van der Waals surface area contributed by atoms with Crippen molar-refractivity contribution in [3.63, 3.8) is 0 Å². The van der Waals surface area contributed by atoms with Gasteiger partial charge in [0.15, 0.2) is 5.69 Å². The van der Waals surface area contributed by atoms with Gasteiger partial charge in [0.2, 0.25) is 0 Å². The van der Waals surface area contributed by atoms with Crippen molar-refractivity contribution in [2.24, 2.45) is 0 Å². The molecule has 0 aliphatic rings. The summed E-state index contributed by atoms with van der Waals surface area (Å²) >= 11 is 5.76. The van der Waals surface area contributed by atoms with Gasteiger partial charge in [-0.3, -0.25) is 20.4 Å². The third kappa shape index (κ3) is 4.27. The molecule has 3 aromatic rings. The summed E-state index contributed by atoms with van der Waals surface area (Å²) in [6, 6.07) is 6.90. The van der Waals surface area contributed by atoms with Gasteiger partial charge in [-0.15, -0.1) is 0 Å². The number of hydrogen-bond donors (Lipinski definition) is 2. The second-order valence-electron chi connectivity index (χ2n) is 6.03. The molecule has 0 saturated heterocycles. The largest absolute Gasteiger partial charge is 0.466 e. The Bertz CT molecular complexity index is 1070. The Hall–Kier alpha value is -3.27. The molecule has 0 radical (unpaired) electrons. The van der Waals surface area contributed by atoms with Crippen molar-refractivity contribution in [1.82, 2.24) is 20.6 Å². The molecule has 0 aliphatic heterocycles. The molecule has 2 amide bonds. The molecule has 0 aliphatic carbocycles. The first-order valence-corrected chi connectivity index (χ1v) is 8.54. The number of nitrogens with one attached hydrogen (secondary N) is 2. The van der Waals surface area contributed by atoms with Gasteiger partial charge in [0.05, 0.1) is 23.0 Å². The summed E-state index contributed by atoms with van der Waals surface area (Å²) in [5.41, 5.74) is 2.20. The number of carbonyl (C=O) groups is 2. The Balaban J connectivity index is 1.86. The van der Waals surface area contributed by atoms with Crippen LogP contribution in [0.5, 0.6) is 0 Å². The maximum atomic E-state index is 13.6. The van der Waals surface area contributed by atoms with Gasteiger partial charge in [0.1, 0.15) is 11.5 Å². The van der Waals surface area contributed by atoms with E-state index in [2.05, 4.69) is 10.5 Å². The van der Waals surface area contributed by atoms with Crippen molar-refractivity contribution in [2.75, 3.05) is 0 Å². The Kier molecular flexibility index (Phi) is 5.38. The number of rotatable bonds is 3. The molecule has 0 saturated carbocycles. The Labute approximate surface area is 167 Å². The second kappa shape index (κ2) is 7.63. The first kappa shape index (κ1) is 20.5. The van der Waals surface area contributed by atoms with Crippen molar-refractivity contribution < 1.29 is 27.2 Å².